The van der Waals surface area contributed by atoms with Crippen LogP contribution in [0.4, 0.5) is 4.39 Å². The maximum absolute atomic E-state index is 14.1. The molecule has 1 aliphatic rings. The summed E-state index contributed by atoms with van der Waals surface area (Å²) in [5, 5.41) is 4.85. The predicted molar refractivity (Wildman–Crippen MR) is 76.4 cm³/mol. The number of aryl methyl sites for hydroxylation is 1. The lowest BCUT2D eigenvalue weighted by Crippen LogP contribution is -2.41. The number of nitrogens with zero attached hydrogens (tertiary/aromatic N) is 2. The topological polar surface area (TPSA) is 36.3 Å². The molecular formula is C14H18BFN2O2. The maximum atomic E-state index is 14.1. The molecule has 0 unspecified atom stereocenters. The first-order chi connectivity index (χ1) is 9.19. The summed E-state index contributed by atoms with van der Waals surface area (Å²) in [7, 11) is 1.22. The minimum atomic E-state index is -0.556. The van der Waals surface area contributed by atoms with E-state index >= 15 is 0 Å². The Hall–Kier alpha value is -1.40. The van der Waals surface area contributed by atoms with E-state index in [9.17, 15) is 4.39 Å². The summed E-state index contributed by atoms with van der Waals surface area (Å²) in [5.74, 6) is -0.354. The molecule has 6 heteroatoms. The zero-order valence-corrected chi connectivity index (χ0v) is 12.4. The number of hydrogen-bond donors (Lipinski definition) is 0. The average Bonchev–Trinajstić information content (AvgIpc) is 2.77. The van der Waals surface area contributed by atoms with Crippen molar-refractivity contribution in [2.24, 2.45) is 7.05 Å². The largest absolute Gasteiger partial charge is 0.494 e. The van der Waals surface area contributed by atoms with E-state index in [1.54, 1.807) is 17.9 Å². The Morgan fingerprint density at radius 2 is 1.75 bits per heavy atom. The second-order valence-electron chi connectivity index (χ2n) is 6.33. The molecule has 4 nitrogen and oxygen atoms in total. The molecule has 20 heavy (non-hydrogen) atoms. The average molecular weight is 276 g/mol. The molecule has 106 valence electrons. The molecule has 1 fully saturated rings. The molecule has 0 amide bonds. The van der Waals surface area contributed by atoms with Gasteiger partial charge in [-0.05, 0) is 39.2 Å². The number of halogens is 1. The molecule has 2 heterocycles. The second kappa shape index (κ2) is 4.05. The highest BCUT2D eigenvalue weighted by Crippen LogP contribution is 2.36. The van der Waals surface area contributed by atoms with Crippen molar-refractivity contribution in [1.82, 2.24) is 9.78 Å². The Bertz CT molecular complexity index is 665. The number of benzene rings is 1. The first kappa shape index (κ1) is 13.6. The minimum Gasteiger partial charge on any atom is -0.399 e. The van der Waals surface area contributed by atoms with E-state index < -0.39 is 18.3 Å². The molecule has 2 aromatic rings. The Labute approximate surface area is 118 Å². The van der Waals surface area contributed by atoms with Crippen molar-refractivity contribution in [3.8, 4) is 0 Å². The van der Waals surface area contributed by atoms with Gasteiger partial charge in [0.1, 0.15) is 5.52 Å². The molecule has 1 aromatic heterocycles. The van der Waals surface area contributed by atoms with Gasteiger partial charge in [0.05, 0.1) is 11.2 Å². The monoisotopic (exact) mass is 276 g/mol. The van der Waals surface area contributed by atoms with Crippen molar-refractivity contribution in [1.29, 1.82) is 0 Å². The highest BCUT2D eigenvalue weighted by Gasteiger charge is 2.51. The van der Waals surface area contributed by atoms with Crippen LogP contribution in [0, 0.1) is 5.82 Å². The summed E-state index contributed by atoms with van der Waals surface area (Å²) >= 11 is 0. The first-order valence-corrected chi connectivity index (χ1v) is 6.68. The molecule has 0 aliphatic carbocycles. The first-order valence-electron chi connectivity index (χ1n) is 6.68. The quantitative estimate of drug-likeness (QED) is 0.747. The van der Waals surface area contributed by atoms with Gasteiger partial charge in [-0.3, -0.25) is 4.68 Å². The third-order valence-corrected chi connectivity index (χ3v) is 4.22. The molecular weight excluding hydrogens is 258 g/mol. The van der Waals surface area contributed by atoms with Gasteiger partial charge < -0.3 is 9.31 Å². The van der Waals surface area contributed by atoms with E-state index in [0.29, 0.717) is 11.0 Å². The van der Waals surface area contributed by atoms with Gasteiger partial charge in [-0.2, -0.15) is 5.10 Å². The summed E-state index contributed by atoms with van der Waals surface area (Å²) in [4.78, 5) is 0. The van der Waals surface area contributed by atoms with Crippen LogP contribution in [0.5, 0.6) is 0 Å². The van der Waals surface area contributed by atoms with Gasteiger partial charge in [0.2, 0.25) is 0 Å². The number of aromatic nitrogens is 2. The van der Waals surface area contributed by atoms with Crippen molar-refractivity contribution >= 4 is 23.5 Å². The maximum Gasteiger partial charge on any atom is 0.494 e. The van der Waals surface area contributed by atoms with Crippen molar-refractivity contribution in [3.63, 3.8) is 0 Å². The summed E-state index contributed by atoms with van der Waals surface area (Å²) in [6.07, 6.45) is 1.78. The summed E-state index contributed by atoms with van der Waals surface area (Å²) in [6, 6.07) is 3.31. The van der Waals surface area contributed by atoms with Crippen LogP contribution < -0.4 is 5.46 Å². The fraction of sp³-hybridized carbons (Fsp3) is 0.500. The van der Waals surface area contributed by atoms with Crippen molar-refractivity contribution in [2.45, 2.75) is 38.9 Å². The standard InChI is InChI=1S/C14H18BFN2O2/c1-13(2)14(3,4)20-15(19-13)10-6-9-8-18(5)17-12(9)11(16)7-10/h6-8H,1-5H3. The van der Waals surface area contributed by atoms with Gasteiger partial charge in [0, 0.05) is 18.6 Å². The normalized spacial score (nSPS) is 20.8. The zero-order chi connectivity index (χ0) is 14.7. The highest BCUT2D eigenvalue weighted by atomic mass is 19.1. The molecule has 1 aliphatic heterocycles. The van der Waals surface area contributed by atoms with Crippen LogP contribution in [0.3, 0.4) is 0 Å². The van der Waals surface area contributed by atoms with Crippen LogP contribution in [-0.2, 0) is 16.4 Å². The van der Waals surface area contributed by atoms with Crippen LogP contribution >= 0.6 is 0 Å². The Kier molecular flexibility index (Phi) is 2.75. The van der Waals surface area contributed by atoms with Crippen molar-refractivity contribution in [2.75, 3.05) is 0 Å². The highest BCUT2D eigenvalue weighted by molar-refractivity contribution is 6.62. The van der Waals surface area contributed by atoms with E-state index in [4.69, 9.17) is 9.31 Å². The summed E-state index contributed by atoms with van der Waals surface area (Å²) in [6.45, 7) is 7.91. The van der Waals surface area contributed by atoms with Gasteiger partial charge in [0.15, 0.2) is 5.82 Å². The summed E-state index contributed by atoms with van der Waals surface area (Å²) in [5.41, 5.74) is 0.185. The molecule has 1 saturated heterocycles. The van der Waals surface area contributed by atoms with Gasteiger partial charge in [0.25, 0.3) is 0 Å². The van der Waals surface area contributed by atoms with Crippen LogP contribution in [0.1, 0.15) is 27.7 Å². The van der Waals surface area contributed by atoms with Gasteiger partial charge in [-0.1, -0.05) is 6.07 Å². The molecule has 1 aromatic carbocycles. The van der Waals surface area contributed by atoms with Gasteiger partial charge in [-0.15, -0.1) is 0 Å². The lowest BCUT2D eigenvalue weighted by Gasteiger charge is -2.32. The van der Waals surface area contributed by atoms with Crippen molar-refractivity contribution < 1.29 is 13.7 Å². The summed E-state index contributed by atoms with van der Waals surface area (Å²) < 4.78 is 27.6. The molecule has 0 spiro atoms. The Morgan fingerprint density at radius 1 is 1.15 bits per heavy atom. The van der Waals surface area contributed by atoms with Crippen LogP contribution in [-0.4, -0.2) is 28.1 Å². The third kappa shape index (κ3) is 1.94. The SMILES string of the molecule is Cn1cc2cc(B3OC(C)(C)C(C)(C)O3)cc(F)c2n1. The number of fused-ring (bicyclic) bond motifs is 1. The molecule has 0 radical (unpaired) electrons. The molecule has 0 bridgehead atoms. The van der Waals surface area contributed by atoms with E-state index in [2.05, 4.69) is 5.10 Å². The Morgan fingerprint density at radius 3 is 2.35 bits per heavy atom. The lowest BCUT2D eigenvalue weighted by atomic mass is 9.78. The van der Waals surface area contributed by atoms with E-state index in [1.165, 1.54) is 6.07 Å². The molecule has 0 atom stereocenters. The number of hydrogen-bond acceptors (Lipinski definition) is 3. The van der Waals surface area contributed by atoms with E-state index in [1.807, 2.05) is 33.8 Å². The fourth-order valence-corrected chi connectivity index (χ4v) is 2.35. The van der Waals surface area contributed by atoms with Crippen LogP contribution in [0.2, 0.25) is 0 Å². The smallest absolute Gasteiger partial charge is 0.399 e. The molecule has 0 N–H and O–H groups in total. The minimum absolute atomic E-state index is 0.354. The predicted octanol–water partition coefficient (Wildman–Crippen LogP) is 2.01. The zero-order valence-electron chi connectivity index (χ0n) is 12.4. The van der Waals surface area contributed by atoms with E-state index in [-0.39, 0.29) is 5.82 Å². The lowest BCUT2D eigenvalue weighted by molar-refractivity contribution is 0.00578. The van der Waals surface area contributed by atoms with E-state index in [0.717, 1.165) is 5.39 Å². The molecule has 3 rings (SSSR count). The van der Waals surface area contributed by atoms with Crippen LogP contribution in [0.25, 0.3) is 10.9 Å². The third-order valence-electron chi connectivity index (χ3n) is 4.22. The van der Waals surface area contributed by atoms with Crippen molar-refractivity contribution in [3.05, 3.63) is 24.1 Å². The fourth-order valence-electron chi connectivity index (χ4n) is 2.35. The van der Waals surface area contributed by atoms with Crippen LogP contribution in [0.15, 0.2) is 18.3 Å². The molecule has 0 saturated carbocycles. The second-order valence-corrected chi connectivity index (χ2v) is 6.33. The number of rotatable bonds is 1. The van der Waals surface area contributed by atoms with Gasteiger partial charge in [-0.25, -0.2) is 4.39 Å². The Balaban J connectivity index is 2.04. The van der Waals surface area contributed by atoms with Gasteiger partial charge >= 0.3 is 7.12 Å².